The fourth-order valence-electron chi connectivity index (χ4n) is 1.51. The average Bonchev–Trinajstić information content (AvgIpc) is 2.35. The number of rotatable bonds is 2. The Morgan fingerprint density at radius 1 is 1.39 bits per heavy atom. The molecule has 18 heavy (non-hydrogen) atoms. The number of anilines is 2. The summed E-state index contributed by atoms with van der Waals surface area (Å²) in [5, 5.41) is 2.65. The first-order valence-electron chi connectivity index (χ1n) is 5.35. The summed E-state index contributed by atoms with van der Waals surface area (Å²) in [7, 11) is 0. The van der Waals surface area contributed by atoms with Crippen LogP contribution in [0.1, 0.15) is 15.9 Å². The summed E-state index contributed by atoms with van der Waals surface area (Å²) in [4.78, 5) is 15.9. The van der Waals surface area contributed by atoms with E-state index in [0.717, 1.165) is 11.6 Å². The molecule has 5 heteroatoms. The molecule has 2 rings (SSSR count). The number of nitrogens with one attached hydrogen (secondary N) is 1. The third kappa shape index (κ3) is 2.45. The van der Waals surface area contributed by atoms with Gasteiger partial charge in [-0.3, -0.25) is 9.78 Å². The lowest BCUT2D eigenvalue weighted by molar-refractivity contribution is 0.102. The first kappa shape index (κ1) is 12.0. The summed E-state index contributed by atoms with van der Waals surface area (Å²) in [6.07, 6.45) is 3.16. The van der Waals surface area contributed by atoms with E-state index >= 15 is 0 Å². The van der Waals surface area contributed by atoms with E-state index in [0.29, 0.717) is 5.69 Å². The number of halogens is 1. The molecule has 0 spiro atoms. The average molecular weight is 245 g/mol. The molecule has 2 aromatic rings. The fraction of sp³-hybridized carbons (Fsp3) is 0.0769. The van der Waals surface area contributed by atoms with Crippen molar-refractivity contribution in [1.29, 1.82) is 0 Å². The molecule has 0 saturated heterocycles. The minimum atomic E-state index is -0.503. The van der Waals surface area contributed by atoms with Crippen LogP contribution in [0.4, 0.5) is 15.8 Å². The van der Waals surface area contributed by atoms with Crippen LogP contribution in [0.5, 0.6) is 0 Å². The largest absolute Gasteiger partial charge is 0.398 e. The van der Waals surface area contributed by atoms with E-state index in [1.165, 1.54) is 18.3 Å². The maximum absolute atomic E-state index is 13.1. The Morgan fingerprint density at radius 3 is 2.89 bits per heavy atom. The lowest BCUT2D eigenvalue weighted by Crippen LogP contribution is -2.15. The molecule has 0 atom stereocenters. The molecule has 4 nitrogen and oxygen atoms in total. The van der Waals surface area contributed by atoms with Gasteiger partial charge in [0.15, 0.2) is 0 Å². The first-order valence-corrected chi connectivity index (χ1v) is 5.35. The minimum absolute atomic E-state index is 0.109. The maximum atomic E-state index is 13.1. The smallest absolute Gasteiger partial charge is 0.257 e. The molecule has 1 aromatic heterocycles. The Hall–Kier alpha value is -2.43. The van der Waals surface area contributed by atoms with Gasteiger partial charge in [0.25, 0.3) is 5.91 Å². The van der Waals surface area contributed by atoms with E-state index in [1.54, 1.807) is 12.3 Å². The van der Waals surface area contributed by atoms with Crippen LogP contribution < -0.4 is 11.1 Å². The molecule has 1 heterocycles. The second kappa shape index (κ2) is 4.83. The van der Waals surface area contributed by atoms with Gasteiger partial charge >= 0.3 is 0 Å². The van der Waals surface area contributed by atoms with Crippen molar-refractivity contribution in [2.45, 2.75) is 6.92 Å². The molecule has 0 saturated carbocycles. The number of carbonyl (C=O) groups excluding carboxylic acids is 1. The third-order valence-corrected chi connectivity index (χ3v) is 2.55. The van der Waals surface area contributed by atoms with Gasteiger partial charge in [0.05, 0.1) is 17.4 Å². The van der Waals surface area contributed by atoms with Gasteiger partial charge in [-0.2, -0.15) is 0 Å². The van der Waals surface area contributed by atoms with Crippen LogP contribution in [-0.4, -0.2) is 10.9 Å². The van der Waals surface area contributed by atoms with Gasteiger partial charge in [0.1, 0.15) is 5.82 Å². The molecule has 0 aliphatic rings. The van der Waals surface area contributed by atoms with Crippen LogP contribution in [0.3, 0.4) is 0 Å². The van der Waals surface area contributed by atoms with Gasteiger partial charge in [-0.15, -0.1) is 0 Å². The van der Waals surface area contributed by atoms with Crippen LogP contribution in [-0.2, 0) is 0 Å². The molecule has 0 aliphatic heterocycles. The Bertz CT molecular complexity index is 599. The summed E-state index contributed by atoms with van der Waals surface area (Å²) >= 11 is 0. The fourth-order valence-corrected chi connectivity index (χ4v) is 1.51. The zero-order valence-electron chi connectivity index (χ0n) is 9.77. The maximum Gasteiger partial charge on any atom is 0.257 e. The molecular formula is C13H12FN3O. The Balaban J connectivity index is 2.28. The van der Waals surface area contributed by atoms with Crippen LogP contribution in [0.15, 0.2) is 36.7 Å². The lowest BCUT2D eigenvalue weighted by atomic mass is 10.1. The number of aryl methyl sites for hydroxylation is 1. The predicted octanol–water partition coefficient (Wildman–Crippen LogP) is 2.36. The van der Waals surface area contributed by atoms with Gasteiger partial charge in [0.2, 0.25) is 0 Å². The Kier molecular flexibility index (Phi) is 3.23. The van der Waals surface area contributed by atoms with E-state index in [9.17, 15) is 9.18 Å². The molecule has 0 fully saturated rings. The van der Waals surface area contributed by atoms with E-state index in [4.69, 9.17) is 5.73 Å². The molecule has 0 radical (unpaired) electrons. The van der Waals surface area contributed by atoms with Gasteiger partial charge in [-0.05, 0) is 36.8 Å². The van der Waals surface area contributed by atoms with Crippen molar-refractivity contribution in [3.8, 4) is 0 Å². The van der Waals surface area contributed by atoms with Crippen molar-refractivity contribution < 1.29 is 9.18 Å². The van der Waals surface area contributed by atoms with Gasteiger partial charge < -0.3 is 11.1 Å². The zero-order chi connectivity index (χ0) is 13.1. The number of amides is 1. The first-order chi connectivity index (χ1) is 8.58. The molecule has 1 aromatic carbocycles. The van der Waals surface area contributed by atoms with E-state index in [-0.39, 0.29) is 11.3 Å². The number of hydrogen-bond acceptors (Lipinski definition) is 3. The van der Waals surface area contributed by atoms with Crippen LogP contribution in [0.2, 0.25) is 0 Å². The van der Waals surface area contributed by atoms with E-state index in [2.05, 4.69) is 10.3 Å². The second-order valence-electron chi connectivity index (χ2n) is 3.88. The highest BCUT2D eigenvalue weighted by atomic mass is 19.1. The molecule has 0 bridgehead atoms. The van der Waals surface area contributed by atoms with Crippen molar-refractivity contribution in [3.05, 3.63) is 53.6 Å². The van der Waals surface area contributed by atoms with Crippen LogP contribution in [0, 0.1) is 12.7 Å². The number of nitrogen functional groups attached to an aromatic ring is 1. The van der Waals surface area contributed by atoms with E-state index in [1.807, 2.05) is 6.92 Å². The summed E-state index contributed by atoms with van der Waals surface area (Å²) < 4.78 is 13.1. The van der Waals surface area contributed by atoms with Gasteiger partial charge in [0, 0.05) is 11.9 Å². The highest BCUT2D eigenvalue weighted by Gasteiger charge is 2.12. The number of carbonyl (C=O) groups is 1. The SMILES string of the molecule is Cc1ccncc1NC(=O)c1cc(F)ccc1N. The molecule has 3 N–H and O–H groups in total. The van der Waals surface area contributed by atoms with Crippen LogP contribution >= 0.6 is 0 Å². The topological polar surface area (TPSA) is 68.0 Å². The van der Waals surface area contributed by atoms with E-state index < -0.39 is 11.7 Å². The highest BCUT2D eigenvalue weighted by molar-refractivity contribution is 6.07. The molecule has 1 amide bonds. The molecule has 0 aliphatic carbocycles. The summed E-state index contributed by atoms with van der Waals surface area (Å²) in [6, 6.07) is 5.45. The summed E-state index contributed by atoms with van der Waals surface area (Å²) in [5.74, 6) is -0.958. The molecular weight excluding hydrogens is 233 g/mol. The zero-order valence-corrected chi connectivity index (χ0v) is 9.77. The monoisotopic (exact) mass is 245 g/mol. The molecule has 92 valence electrons. The number of benzene rings is 1. The third-order valence-electron chi connectivity index (χ3n) is 2.55. The van der Waals surface area contributed by atoms with Crippen molar-refractivity contribution in [1.82, 2.24) is 4.98 Å². The normalized spacial score (nSPS) is 10.1. The standard InChI is InChI=1S/C13H12FN3O/c1-8-4-5-16-7-12(8)17-13(18)10-6-9(14)2-3-11(10)15/h2-7H,15H2,1H3,(H,17,18). The van der Waals surface area contributed by atoms with Gasteiger partial charge in [-0.1, -0.05) is 0 Å². The molecule has 0 unspecified atom stereocenters. The van der Waals surface area contributed by atoms with Crippen molar-refractivity contribution in [3.63, 3.8) is 0 Å². The van der Waals surface area contributed by atoms with Crippen molar-refractivity contribution >= 4 is 17.3 Å². The minimum Gasteiger partial charge on any atom is -0.398 e. The van der Waals surface area contributed by atoms with Crippen molar-refractivity contribution in [2.75, 3.05) is 11.1 Å². The predicted molar refractivity (Wildman–Crippen MR) is 67.7 cm³/mol. The Labute approximate surface area is 104 Å². The Morgan fingerprint density at radius 2 is 2.17 bits per heavy atom. The van der Waals surface area contributed by atoms with Gasteiger partial charge in [-0.25, -0.2) is 4.39 Å². The number of hydrogen-bond donors (Lipinski definition) is 2. The number of nitrogens with zero attached hydrogens (tertiary/aromatic N) is 1. The summed E-state index contributed by atoms with van der Waals surface area (Å²) in [5.41, 5.74) is 7.42. The van der Waals surface area contributed by atoms with Crippen LogP contribution in [0.25, 0.3) is 0 Å². The van der Waals surface area contributed by atoms with Crippen molar-refractivity contribution in [2.24, 2.45) is 0 Å². The summed E-state index contributed by atoms with van der Waals surface area (Å²) in [6.45, 7) is 1.84. The number of nitrogens with two attached hydrogens (primary N) is 1. The number of aromatic nitrogens is 1. The highest BCUT2D eigenvalue weighted by Crippen LogP contribution is 2.17. The number of pyridine rings is 1. The lowest BCUT2D eigenvalue weighted by Gasteiger charge is -2.09. The second-order valence-corrected chi connectivity index (χ2v) is 3.88. The quantitative estimate of drug-likeness (QED) is 0.798.